The molecule has 9 heavy (non-hydrogen) atoms. The summed E-state index contributed by atoms with van der Waals surface area (Å²) in [7, 11) is 2.02. The summed E-state index contributed by atoms with van der Waals surface area (Å²) in [5.41, 5.74) is 2.31. The van der Waals surface area contributed by atoms with Crippen molar-refractivity contribution in [3.63, 3.8) is 0 Å². The van der Waals surface area contributed by atoms with Crippen LogP contribution >= 0.6 is 0 Å². The van der Waals surface area contributed by atoms with E-state index in [-0.39, 0.29) is 0 Å². The van der Waals surface area contributed by atoms with Crippen LogP contribution in [0.3, 0.4) is 0 Å². The van der Waals surface area contributed by atoms with Gasteiger partial charge in [0.05, 0.1) is 0 Å². The van der Waals surface area contributed by atoms with Crippen molar-refractivity contribution in [1.29, 1.82) is 0 Å². The maximum absolute atomic E-state index is 3.66. The van der Waals surface area contributed by atoms with Crippen LogP contribution in [-0.2, 0) is 0 Å². The molecule has 1 radical (unpaired) electrons. The van der Waals surface area contributed by atoms with Crippen LogP contribution in [0, 0.1) is 0 Å². The molecule has 0 bridgehead atoms. The van der Waals surface area contributed by atoms with E-state index in [1.165, 1.54) is 0 Å². The van der Waals surface area contributed by atoms with Gasteiger partial charge in [0, 0.05) is 0 Å². The average molecular weight is 113 g/mol. The predicted molar refractivity (Wildman–Crippen MR) is 45.0 cm³/mol. The Morgan fingerprint density at radius 2 is 2.11 bits per heavy atom. The zero-order chi connectivity index (χ0) is 6.69. The molecule has 0 aromatic carbocycles. The van der Waals surface area contributed by atoms with Crippen molar-refractivity contribution in [3.05, 3.63) is 36.4 Å². The molecule has 0 atom stereocenters. The first kappa shape index (κ1) is 6.34. The molecule has 1 aliphatic rings. The Kier molecular flexibility index (Phi) is 1.88. The molecule has 1 aliphatic heterocycles. The van der Waals surface area contributed by atoms with Gasteiger partial charge < -0.3 is 0 Å². The minimum absolute atomic E-state index is 1.16. The summed E-state index contributed by atoms with van der Waals surface area (Å²) in [6.45, 7) is 9.32. The first-order valence-corrected chi connectivity index (χ1v) is 2.89. The van der Waals surface area contributed by atoms with E-state index in [4.69, 9.17) is 0 Å². The quantitative estimate of drug-likeness (QED) is 0.463. The zero-order valence-corrected chi connectivity index (χ0v) is 5.30. The number of rotatable bonds is 2. The average Bonchev–Trinajstić information content (AvgIpc) is 2.33. The molecule has 0 aromatic heterocycles. The number of hydrogen-bond donors (Lipinski definition) is 0. The first-order chi connectivity index (χ1) is 4.38. The Labute approximate surface area is 57.1 Å². The molecule has 0 amide bonds. The second-order valence-electron chi connectivity index (χ2n) is 1.84. The van der Waals surface area contributed by atoms with Crippen LogP contribution in [-0.4, -0.2) is 19.9 Å². The molecule has 0 unspecified atom stereocenters. The van der Waals surface area contributed by atoms with Gasteiger partial charge in [0.2, 0.25) is 0 Å². The molecule has 0 saturated heterocycles. The summed E-state index contributed by atoms with van der Waals surface area (Å²) in [6, 6.07) is 0. The number of hydrogen-bond acceptors (Lipinski definition) is 0. The van der Waals surface area contributed by atoms with Crippen LogP contribution in [0.5, 0.6) is 0 Å². The van der Waals surface area contributed by atoms with Crippen LogP contribution in [0.2, 0.25) is 0 Å². The van der Waals surface area contributed by atoms with Crippen LogP contribution < -0.4 is 0 Å². The molecule has 1 heterocycles. The molecule has 0 aliphatic carbocycles. The van der Waals surface area contributed by atoms with E-state index in [0.29, 0.717) is 0 Å². The molecular formula is C7H7B2. The van der Waals surface area contributed by atoms with Crippen LogP contribution in [0.25, 0.3) is 0 Å². The van der Waals surface area contributed by atoms with Crippen molar-refractivity contribution in [2.45, 2.75) is 0 Å². The van der Waals surface area contributed by atoms with E-state index in [2.05, 4.69) is 13.2 Å². The Hall–Kier alpha value is -0.780. The monoisotopic (exact) mass is 113 g/mol. The SMILES string of the molecule is C=CC1=C(C=C)C=B[B]1. The van der Waals surface area contributed by atoms with E-state index < -0.39 is 0 Å². The summed E-state index contributed by atoms with van der Waals surface area (Å²) in [4.78, 5) is 0. The fourth-order valence-corrected chi connectivity index (χ4v) is 0.820. The van der Waals surface area contributed by atoms with E-state index in [1.807, 2.05) is 32.1 Å². The van der Waals surface area contributed by atoms with Crippen molar-refractivity contribution in [1.82, 2.24) is 0 Å². The molecule has 0 aromatic rings. The summed E-state index contributed by atoms with van der Waals surface area (Å²) >= 11 is 0. The van der Waals surface area contributed by atoms with E-state index in [9.17, 15) is 0 Å². The number of allylic oxidation sites excluding steroid dienone is 4. The van der Waals surface area contributed by atoms with Crippen LogP contribution in [0.15, 0.2) is 36.4 Å². The topological polar surface area (TPSA) is 0 Å². The third-order valence-corrected chi connectivity index (χ3v) is 1.32. The molecule has 0 spiro atoms. The van der Waals surface area contributed by atoms with E-state index >= 15 is 0 Å². The third kappa shape index (κ3) is 1.13. The Bertz CT molecular complexity index is 199. The third-order valence-electron chi connectivity index (χ3n) is 1.32. The Morgan fingerprint density at radius 3 is 2.56 bits per heavy atom. The fourth-order valence-electron chi connectivity index (χ4n) is 0.820. The van der Waals surface area contributed by atoms with Crippen molar-refractivity contribution < 1.29 is 0 Å². The normalized spacial score (nSPS) is 14.7. The van der Waals surface area contributed by atoms with Crippen molar-refractivity contribution >= 4 is 19.9 Å². The van der Waals surface area contributed by atoms with Gasteiger partial charge in [-0.3, -0.25) is 0 Å². The van der Waals surface area contributed by atoms with Crippen LogP contribution in [0.4, 0.5) is 0 Å². The maximum atomic E-state index is 3.66. The first-order valence-electron chi connectivity index (χ1n) is 2.89. The molecule has 0 saturated carbocycles. The molecule has 41 valence electrons. The Balaban J connectivity index is 2.91. The summed E-state index contributed by atoms with van der Waals surface area (Å²) in [5, 5.41) is 0. The molecule has 0 N–H and O–H groups in total. The van der Waals surface area contributed by atoms with Crippen LogP contribution in [0.1, 0.15) is 0 Å². The van der Waals surface area contributed by atoms with Gasteiger partial charge in [-0.2, -0.15) is 0 Å². The summed E-state index contributed by atoms with van der Waals surface area (Å²) in [5.74, 6) is 2.02. The molecular weight excluding hydrogens is 106 g/mol. The van der Waals surface area contributed by atoms with E-state index in [1.54, 1.807) is 0 Å². The fraction of sp³-hybridized carbons (Fsp3) is 0. The van der Waals surface area contributed by atoms with Crippen molar-refractivity contribution in [2.24, 2.45) is 0 Å². The second-order valence-corrected chi connectivity index (χ2v) is 1.84. The minimum atomic E-state index is 1.16. The molecule has 1 rings (SSSR count). The second kappa shape index (κ2) is 2.67. The summed E-state index contributed by atoms with van der Waals surface area (Å²) < 4.78 is 0. The molecule has 2 heteroatoms. The van der Waals surface area contributed by atoms with E-state index in [0.717, 1.165) is 11.0 Å². The van der Waals surface area contributed by atoms with Crippen molar-refractivity contribution in [2.75, 3.05) is 0 Å². The van der Waals surface area contributed by atoms with Gasteiger partial charge >= 0.3 is 56.3 Å². The Morgan fingerprint density at radius 1 is 1.33 bits per heavy atom. The molecule has 0 fully saturated rings. The van der Waals surface area contributed by atoms with Gasteiger partial charge in [0.1, 0.15) is 0 Å². The van der Waals surface area contributed by atoms with Gasteiger partial charge in [-0.1, -0.05) is 0 Å². The standard InChI is InChI=1S/C7H7B2/c1-3-6-5-8-9-7(6)4-2/h3-5H,1-2H2. The molecule has 0 nitrogen and oxygen atoms in total. The van der Waals surface area contributed by atoms with Gasteiger partial charge in [0.25, 0.3) is 0 Å². The van der Waals surface area contributed by atoms with Gasteiger partial charge in [-0.05, 0) is 0 Å². The zero-order valence-electron chi connectivity index (χ0n) is 5.30. The van der Waals surface area contributed by atoms with Crippen molar-refractivity contribution in [3.8, 4) is 0 Å². The predicted octanol–water partition coefficient (Wildman–Crippen LogP) is 0.752. The van der Waals surface area contributed by atoms with Gasteiger partial charge in [-0.25, -0.2) is 0 Å². The van der Waals surface area contributed by atoms with Gasteiger partial charge in [-0.15, -0.1) is 0 Å². The summed E-state index contributed by atoms with van der Waals surface area (Å²) in [6.07, 6.45) is 3.66. The van der Waals surface area contributed by atoms with Gasteiger partial charge in [0.15, 0.2) is 0 Å².